The molecular weight excluding hydrogens is 248 g/mol. The van der Waals surface area contributed by atoms with E-state index in [0.29, 0.717) is 11.9 Å². The van der Waals surface area contributed by atoms with Crippen LogP contribution in [0, 0.1) is 0 Å². The SMILES string of the molecule is C=CC(=O)N(CC)CC(=O)N1CCSC1CCC. The molecule has 1 unspecified atom stereocenters. The summed E-state index contributed by atoms with van der Waals surface area (Å²) in [6.45, 7) is 8.96. The Bertz CT molecular complexity index is 320. The van der Waals surface area contributed by atoms with Gasteiger partial charge in [-0.3, -0.25) is 9.59 Å². The molecule has 1 aliphatic rings. The van der Waals surface area contributed by atoms with Crippen LogP contribution in [-0.4, -0.2) is 52.4 Å². The first kappa shape index (κ1) is 15.1. The maximum Gasteiger partial charge on any atom is 0.246 e. The molecule has 0 aromatic carbocycles. The second-order valence-electron chi connectivity index (χ2n) is 4.26. The maximum absolute atomic E-state index is 12.2. The minimum absolute atomic E-state index is 0.0514. The van der Waals surface area contributed by atoms with Crippen LogP contribution >= 0.6 is 11.8 Å². The van der Waals surface area contributed by atoms with Crippen molar-refractivity contribution >= 4 is 23.6 Å². The van der Waals surface area contributed by atoms with E-state index in [9.17, 15) is 9.59 Å². The molecule has 2 amide bonds. The normalized spacial score (nSPS) is 18.8. The Hall–Kier alpha value is -0.970. The van der Waals surface area contributed by atoms with Crippen molar-refractivity contribution in [1.82, 2.24) is 9.80 Å². The van der Waals surface area contributed by atoms with Gasteiger partial charge in [0.05, 0.1) is 5.37 Å². The average molecular weight is 270 g/mol. The number of likely N-dealkylation sites (N-methyl/N-ethyl adjacent to an activating group) is 1. The minimum Gasteiger partial charge on any atom is -0.330 e. The fourth-order valence-electron chi connectivity index (χ4n) is 2.02. The predicted molar refractivity (Wildman–Crippen MR) is 75.3 cm³/mol. The van der Waals surface area contributed by atoms with E-state index >= 15 is 0 Å². The minimum atomic E-state index is -0.176. The second kappa shape index (κ2) is 7.46. The molecule has 5 heteroatoms. The number of hydrogen-bond acceptors (Lipinski definition) is 3. The number of amides is 2. The summed E-state index contributed by atoms with van der Waals surface area (Å²) in [5.74, 6) is 0.873. The van der Waals surface area contributed by atoms with Crippen LogP contribution in [0.2, 0.25) is 0 Å². The van der Waals surface area contributed by atoms with Gasteiger partial charge in [-0.05, 0) is 19.4 Å². The predicted octanol–water partition coefficient (Wildman–Crippen LogP) is 1.72. The van der Waals surface area contributed by atoms with Gasteiger partial charge in [0.2, 0.25) is 11.8 Å². The molecule has 0 bridgehead atoms. The van der Waals surface area contributed by atoms with Gasteiger partial charge in [-0.1, -0.05) is 19.9 Å². The third-order valence-electron chi connectivity index (χ3n) is 3.04. The molecule has 1 heterocycles. The quantitative estimate of drug-likeness (QED) is 0.690. The van der Waals surface area contributed by atoms with Gasteiger partial charge in [0.25, 0.3) is 0 Å². The molecule has 0 N–H and O–H groups in total. The molecule has 0 radical (unpaired) electrons. The first-order chi connectivity index (χ1) is 8.63. The van der Waals surface area contributed by atoms with Crippen molar-refractivity contribution in [2.75, 3.05) is 25.4 Å². The van der Waals surface area contributed by atoms with Gasteiger partial charge in [-0.25, -0.2) is 0 Å². The van der Waals surface area contributed by atoms with Crippen LogP contribution in [0.1, 0.15) is 26.7 Å². The van der Waals surface area contributed by atoms with Gasteiger partial charge in [-0.2, -0.15) is 0 Å². The van der Waals surface area contributed by atoms with Crippen molar-refractivity contribution in [3.63, 3.8) is 0 Å². The van der Waals surface area contributed by atoms with E-state index in [0.717, 1.165) is 25.1 Å². The topological polar surface area (TPSA) is 40.6 Å². The first-order valence-electron chi connectivity index (χ1n) is 6.46. The van der Waals surface area contributed by atoms with E-state index in [1.807, 2.05) is 23.6 Å². The van der Waals surface area contributed by atoms with Crippen LogP contribution in [0.15, 0.2) is 12.7 Å². The Morgan fingerprint density at radius 2 is 2.22 bits per heavy atom. The Morgan fingerprint density at radius 1 is 1.50 bits per heavy atom. The summed E-state index contributed by atoms with van der Waals surface area (Å²) in [5.41, 5.74) is 0. The number of thioether (sulfide) groups is 1. The van der Waals surface area contributed by atoms with Gasteiger partial charge in [0.1, 0.15) is 6.54 Å². The fourth-order valence-corrected chi connectivity index (χ4v) is 3.40. The van der Waals surface area contributed by atoms with Crippen LogP contribution in [0.5, 0.6) is 0 Å². The van der Waals surface area contributed by atoms with Gasteiger partial charge in [0.15, 0.2) is 0 Å². The third kappa shape index (κ3) is 3.77. The second-order valence-corrected chi connectivity index (χ2v) is 5.54. The van der Waals surface area contributed by atoms with E-state index < -0.39 is 0 Å². The monoisotopic (exact) mass is 270 g/mol. The van der Waals surface area contributed by atoms with E-state index in [1.54, 1.807) is 0 Å². The molecule has 4 nitrogen and oxygen atoms in total. The third-order valence-corrected chi connectivity index (χ3v) is 4.33. The highest BCUT2D eigenvalue weighted by Crippen LogP contribution is 2.27. The van der Waals surface area contributed by atoms with Crippen molar-refractivity contribution < 1.29 is 9.59 Å². The molecular formula is C13H22N2O2S. The lowest BCUT2D eigenvalue weighted by Gasteiger charge is -2.27. The van der Waals surface area contributed by atoms with E-state index in [2.05, 4.69) is 13.5 Å². The van der Waals surface area contributed by atoms with Gasteiger partial charge >= 0.3 is 0 Å². The van der Waals surface area contributed by atoms with E-state index in [-0.39, 0.29) is 18.4 Å². The van der Waals surface area contributed by atoms with E-state index in [4.69, 9.17) is 0 Å². The molecule has 0 saturated carbocycles. The number of rotatable bonds is 6. The Morgan fingerprint density at radius 3 is 2.78 bits per heavy atom. The van der Waals surface area contributed by atoms with Crippen LogP contribution in [-0.2, 0) is 9.59 Å². The Kier molecular flexibility index (Phi) is 6.25. The van der Waals surface area contributed by atoms with Crippen molar-refractivity contribution in [2.45, 2.75) is 32.1 Å². The first-order valence-corrected chi connectivity index (χ1v) is 7.51. The molecule has 0 spiro atoms. The fraction of sp³-hybridized carbons (Fsp3) is 0.692. The average Bonchev–Trinajstić information content (AvgIpc) is 2.83. The summed E-state index contributed by atoms with van der Waals surface area (Å²) < 4.78 is 0. The van der Waals surface area contributed by atoms with Gasteiger partial charge in [-0.15, -0.1) is 11.8 Å². The molecule has 18 heavy (non-hydrogen) atoms. The van der Waals surface area contributed by atoms with Gasteiger partial charge < -0.3 is 9.80 Å². The van der Waals surface area contributed by atoms with Crippen LogP contribution < -0.4 is 0 Å². The van der Waals surface area contributed by atoms with Crippen LogP contribution in [0.25, 0.3) is 0 Å². The summed E-state index contributed by atoms with van der Waals surface area (Å²) in [6, 6.07) is 0. The van der Waals surface area contributed by atoms with Crippen LogP contribution in [0.4, 0.5) is 0 Å². The highest BCUT2D eigenvalue weighted by atomic mass is 32.2. The van der Waals surface area contributed by atoms with Gasteiger partial charge in [0, 0.05) is 18.8 Å². The maximum atomic E-state index is 12.2. The zero-order valence-electron chi connectivity index (χ0n) is 11.2. The molecule has 0 aromatic heterocycles. The van der Waals surface area contributed by atoms with Crippen molar-refractivity contribution in [3.8, 4) is 0 Å². The van der Waals surface area contributed by atoms with E-state index in [1.165, 1.54) is 11.0 Å². The Labute approximate surface area is 113 Å². The van der Waals surface area contributed by atoms with Crippen molar-refractivity contribution in [1.29, 1.82) is 0 Å². The Balaban J connectivity index is 2.58. The lowest BCUT2D eigenvalue weighted by atomic mass is 10.3. The van der Waals surface area contributed by atoms with Crippen molar-refractivity contribution in [3.05, 3.63) is 12.7 Å². The molecule has 1 fully saturated rings. The molecule has 1 atom stereocenters. The molecule has 102 valence electrons. The number of hydrogen-bond donors (Lipinski definition) is 0. The molecule has 1 saturated heterocycles. The molecule has 0 aromatic rings. The number of carbonyl (C=O) groups excluding carboxylic acids is 2. The standard InChI is InChI=1S/C13H22N2O2S/c1-4-7-13-15(8-9-18-13)12(17)10-14(6-3)11(16)5-2/h5,13H,2,4,6-10H2,1,3H3. The zero-order chi connectivity index (χ0) is 13.5. The highest BCUT2D eigenvalue weighted by molar-refractivity contribution is 8.00. The zero-order valence-corrected chi connectivity index (χ0v) is 12.0. The molecule has 0 aliphatic carbocycles. The molecule has 1 rings (SSSR count). The molecule has 1 aliphatic heterocycles. The van der Waals surface area contributed by atoms with Crippen LogP contribution in [0.3, 0.4) is 0 Å². The lowest BCUT2D eigenvalue weighted by molar-refractivity contribution is -0.138. The smallest absolute Gasteiger partial charge is 0.246 e. The largest absolute Gasteiger partial charge is 0.330 e. The summed E-state index contributed by atoms with van der Waals surface area (Å²) in [7, 11) is 0. The summed E-state index contributed by atoms with van der Waals surface area (Å²) in [4.78, 5) is 27.2. The lowest BCUT2D eigenvalue weighted by Crippen LogP contribution is -2.44. The number of nitrogens with zero attached hydrogens (tertiary/aromatic N) is 2. The summed E-state index contributed by atoms with van der Waals surface area (Å²) >= 11 is 1.83. The number of carbonyl (C=O) groups is 2. The highest BCUT2D eigenvalue weighted by Gasteiger charge is 2.29. The summed E-state index contributed by atoms with van der Waals surface area (Å²) in [6.07, 6.45) is 3.36. The summed E-state index contributed by atoms with van der Waals surface area (Å²) in [5, 5.41) is 0.292. The van der Waals surface area contributed by atoms with Crippen molar-refractivity contribution in [2.24, 2.45) is 0 Å².